The lowest BCUT2D eigenvalue weighted by Gasteiger charge is -2.13. The molecular formula is C21H23N3O2S. The predicted octanol–water partition coefficient (Wildman–Crippen LogP) is 4.62. The number of benzene rings is 1. The van der Waals surface area contributed by atoms with Gasteiger partial charge in [-0.3, -0.25) is 9.78 Å². The van der Waals surface area contributed by atoms with Gasteiger partial charge in [0, 0.05) is 30.3 Å². The van der Waals surface area contributed by atoms with Gasteiger partial charge in [0.25, 0.3) is 0 Å². The number of hydrogen-bond donors (Lipinski definition) is 1. The van der Waals surface area contributed by atoms with Crippen molar-refractivity contribution in [3.63, 3.8) is 0 Å². The van der Waals surface area contributed by atoms with E-state index in [1.54, 1.807) is 24.2 Å². The molecular weight excluding hydrogens is 358 g/mol. The summed E-state index contributed by atoms with van der Waals surface area (Å²) in [7, 11) is 0. The van der Waals surface area contributed by atoms with Gasteiger partial charge in [0.2, 0.25) is 0 Å². The Bertz CT molecular complexity index is 893. The van der Waals surface area contributed by atoms with Crippen LogP contribution in [0.1, 0.15) is 43.3 Å². The van der Waals surface area contributed by atoms with Crippen LogP contribution in [0.4, 0.5) is 0 Å². The normalized spacial score (nSPS) is 11.1. The number of aromatic nitrogens is 3. The summed E-state index contributed by atoms with van der Waals surface area (Å²) in [5.74, 6) is 0.256. The topological polar surface area (TPSA) is 68.0 Å². The molecule has 2 aromatic heterocycles. The number of imidazole rings is 1. The third-order valence-electron chi connectivity index (χ3n) is 4.18. The first-order valence-electron chi connectivity index (χ1n) is 8.97. The summed E-state index contributed by atoms with van der Waals surface area (Å²) in [4.78, 5) is 21.2. The van der Waals surface area contributed by atoms with Crippen LogP contribution in [0.15, 0.2) is 64.8 Å². The molecule has 140 valence electrons. The van der Waals surface area contributed by atoms with Crippen molar-refractivity contribution in [3.8, 4) is 0 Å². The van der Waals surface area contributed by atoms with Crippen molar-refractivity contribution in [3.05, 3.63) is 71.9 Å². The van der Waals surface area contributed by atoms with Gasteiger partial charge < -0.3 is 9.67 Å². The second kappa shape index (κ2) is 8.86. The zero-order valence-electron chi connectivity index (χ0n) is 15.5. The van der Waals surface area contributed by atoms with E-state index in [1.807, 2.05) is 30.3 Å². The number of hydrogen-bond acceptors (Lipinski definition) is 4. The van der Waals surface area contributed by atoms with Crippen LogP contribution >= 0.6 is 11.8 Å². The molecule has 0 aliphatic carbocycles. The van der Waals surface area contributed by atoms with Gasteiger partial charge in [-0.25, -0.2) is 4.98 Å². The molecule has 3 rings (SSSR count). The van der Waals surface area contributed by atoms with Crippen LogP contribution in [0.3, 0.4) is 0 Å². The molecule has 0 unspecified atom stereocenters. The number of carboxylic acid groups (broad SMARTS) is 1. The Morgan fingerprint density at radius 1 is 1.15 bits per heavy atom. The van der Waals surface area contributed by atoms with E-state index in [-0.39, 0.29) is 12.3 Å². The monoisotopic (exact) mass is 381 g/mol. The lowest BCUT2D eigenvalue weighted by molar-refractivity contribution is -0.137. The second-order valence-electron chi connectivity index (χ2n) is 6.62. The van der Waals surface area contributed by atoms with Crippen molar-refractivity contribution < 1.29 is 9.90 Å². The van der Waals surface area contributed by atoms with E-state index in [0.29, 0.717) is 13.0 Å². The van der Waals surface area contributed by atoms with Crippen LogP contribution in [0.5, 0.6) is 0 Å². The fraction of sp³-hybridized carbons (Fsp3) is 0.286. The fourth-order valence-electron chi connectivity index (χ4n) is 2.83. The van der Waals surface area contributed by atoms with Crippen LogP contribution in [-0.4, -0.2) is 25.6 Å². The molecule has 1 N–H and O–H groups in total. The van der Waals surface area contributed by atoms with Gasteiger partial charge in [0.05, 0.1) is 12.1 Å². The van der Waals surface area contributed by atoms with Crippen molar-refractivity contribution in [2.24, 2.45) is 0 Å². The van der Waals surface area contributed by atoms with Crippen molar-refractivity contribution in [1.29, 1.82) is 0 Å². The van der Waals surface area contributed by atoms with Crippen LogP contribution in [0, 0.1) is 0 Å². The molecule has 0 bridgehead atoms. The standard InChI is InChI=1S/C21H23N3O2S/c1-15(2)20-21(27-17-6-4-3-5-7-17)24(14-16-10-12-22-13-11-16)18(23-20)8-9-19(25)26/h3-7,10-13,15H,8-9,14H2,1-2H3,(H,25,26). The number of carbonyl (C=O) groups is 1. The summed E-state index contributed by atoms with van der Waals surface area (Å²) in [5.41, 5.74) is 2.13. The summed E-state index contributed by atoms with van der Waals surface area (Å²) in [6.07, 6.45) is 4.03. The van der Waals surface area contributed by atoms with Crippen molar-refractivity contribution >= 4 is 17.7 Å². The molecule has 0 aliphatic rings. The molecule has 3 aromatic rings. The molecule has 0 amide bonds. The molecule has 2 heterocycles. The van der Waals surface area contributed by atoms with E-state index in [1.165, 1.54) is 0 Å². The molecule has 6 heteroatoms. The third kappa shape index (κ3) is 4.98. The number of pyridine rings is 1. The lowest BCUT2D eigenvalue weighted by atomic mass is 10.1. The highest BCUT2D eigenvalue weighted by molar-refractivity contribution is 7.99. The maximum Gasteiger partial charge on any atom is 0.303 e. The first kappa shape index (κ1) is 19.2. The van der Waals surface area contributed by atoms with Gasteiger partial charge in [-0.05, 0) is 35.7 Å². The van der Waals surface area contributed by atoms with Gasteiger partial charge in [0.1, 0.15) is 10.9 Å². The summed E-state index contributed by atoms with van der Waals surface area (Å²) in [6.45, 7) is 4.89. The Hall–Kier alpha value is -2.60. The van der Waals surface area contributed by atoms with E-state index in [4.69, 9.17) is 10.1 Å². The Kier molecular flexibility index (Phi) is 6.29. The lowest BCUT2D eigenvalue weighted by Crippen LogP contribution is -2.09. The number of rotatable bonds is 8. The van der Waals surface area contributed by atoms with Gasteiger partial charge in [-0.1, -0.05) is 43.8 Å². The Morgan fingerprint density at radius 3 is 2.48 bits per heavy atom. The molecule has 27 heavy (non-hydrogen) atoms. The number of carboxylic acids is 1. The molecule has 0 saturated carbocycles. The third-order valence-corrected chi connectivity index (χ3v) is 5.31. The molecule has 0 saturated heterocycles. The maximum atomic E-state index is 11.1. The summed E-state index contributed by atoms with van der Waals surface area (Å²) in [6, 6.07) is 14.2. The highest BCUT2D eigenvalue weighted by Gasteiger charge is 2.21. The van der Waals surface area contributed by atoms with E-state index in [2.05, 4.69) is 35.5 Å². The van der Waals surface area contributed by atoms with Crippen LogP contribution in [-0.2, 0) is 17.8 Å². The van der Waals surface area contributed by atoms with Gasteiger partial charge in [0.15, 0.2) is 0 Å². The zero-order chi connectivity index (χ0) is 19.2. The molecule has 0 spiro atoms. The Labute approximate surface area is 163 Å². The number of aliphatic carboxylic acids is 1. The smallest absolute Gasteiger partial charge is 0.303 e. The van der Waals surface area contributed by atoms with E-state index < -0.39 is 5.97 Å². The maximum absolute atomic E-state index is 11.1. The fourth-order valence-corrected chi connectivity index (χ4v) is 4.01. The minimum absolute atomic E-state index is 0.0698. The number of aryl methyl sites for hydroxylation is 1. The van der Waals surface area contributed by atoms with E-state index in [9.17, 15) is 4.79 Å². The highest BCUT2D eigenvalue weighted by Crippen LogP contribution is 2.35. The number of nitrogens with zero attached hydrogens (tertiary/aromatic N) is 3. The molecule has 1 aromatic carbocycles. The largest absolute Gasteiger partial charge is 0.481 e. The summed E-state index contributed by atoms with van der Waals surface area (Å²) >= 11 is 1.68. The van der Waals surface area contributed by atoms with Crippen molar-refractivity contribution in [2.45, 2.75) is 49.1 Å². The minimum Gasteiger partial charge on any atom is -0.481 e. The summed E-state index contributed by atoms with van der Waals surface area (Å²) < 4.78 is 2.16. The van der Waals surface area contributed by atoms with E-state index >= 15 is 0 Å². The first-order chi connectivity index (χ1) is 13.0. The predicted molar refractivity (Wildman–Crippen MR) is 106 cm³/mol. The van der Waals surface area contributed by atoms with E-state index in [0.717, 1.165) is 27.0 Å². The zero-order valence-corrected chi connectivity index (χ0v) is 16.3. The molecule has 0 atom stereocenters. The molecule has 0 aliphatic heterocycles. The summed E-state index contributed by atoms with van der Waals surface area (Å²) in [5, 5.41) is 10.2. The SMILES string of the molecule is CC(C)c1nc(CCC(=O)O)n(Cc2ccncc2)c1Sc1ccccc1. The highest BCUT2D eigenvalue weighted by atomic mass is 32.2. The minimum atomic E-state index is -0.808. The van der Waals surface area contributed by atoms with Gasteiger partial charge in [-0.15, -0.1) is 0 Å². The van der Waals surface area contributed by atoms with Crippen LogP contribution < -0.4 is 0 Å². The second-order valence-corrected chi connectivity index (χ2v) is 7.69. The van der Waals surface area contributed by atoms with Crippen LogP contribution in [0.2, 0.25) is 0 Å². The molecule has 0 fully saturated rings. The Morgan fingerprint density at radius 2 is 1.85 bits per heavy atom. The quantitative estimate of drug-likeness (QED) is 0.617. The average molecular weight is 382 g/mol. The molecule has 0 radical (unpaired) electrons. The van der Waals surface area contributed by atoms with Gasteiger partial charge >= 0.3 is 5.97 Å². The Balaban J connectivity index is 2.04. The van der Waals surface area contributed by atoms with Crippen molar-refractivity contribution in [2.75, 3.05) is 0 Å². The van der Waals surface area contributed by atoms with Crippen LogP contribution in [0.25, 0.3) is 0 Å². The van der Waals surface area contributed by atoms with Crippen molar-refractivity contribution in [1.82, 2.24) is 14.5 Å². The molecule has 5 nitrogen and oxygen atoms in total. The first-order valence-corrected chi connectivity index (χ1v) is 9.79. The average Bonchev–Trinajstić information content (AvgIpc) is 2.99. The van der Waals surface area contributed by atoms with Gasteiger partial charge in [-0.2, -0.15) is 0 Å².